The van der Waals surface area contributed by atoms with Crippen molar-refractivity contribution in [1.82, 2.24) is 0 Å². The molecule has 0 amide bonds. The van der Waals surface area contributed by atoms with Crippen molar-refractivity contribution in [2.75, 3.05) is 11.2 Å². The van der Waals surface area contributed by atoms with Gasteiger partial charge in [-0.25, -0.2) is 0 Å². The van der Waals surface area contributed by atoms with Crippen LogP contribution in [-0.4, -0.2) is 17.3 Å². The van der Waals surface area contributed by atoms with Gasteiger partial charge in [0.2, 0.25) is 0 Å². The largest absolute Gasteiger partial charge is 0.371 e. The molecule has 0 heterocycles. The number of halogens is 2. The van der Waals surface area contributed by atoms with E-state index >= 15 is 0 Å². The third-order valence-electron chi connectivity index (χ3n) is 2.64. The Kier molecular flexibility index (Phi) is 4.84. The Morgan fingerprint density at radius 1 is 1.12 bits per heavy atom. The average molecular weight is 314 g/mol. The molecule has 3 heteroatoms. The zero-order valence-electron chi connectivity index (χ0n) is 9.40. The molecule has 2 aromatic carbocycles. The van der Waals surface area contributed by atoms with Gasteiger partial charge in [0.15, 0.2) is 0 Å². The smallest absolute Gasteiger partial charge is 0.0811 e. The number of hydrogen-bond donors (Lipinski definition) is 0. The molecule has 0 saturated carbocycles. The first-order valence-electron chi connectivity index (χ1n) is 5.54. The molecular weight excluding hydrogens is 300 g/mol. The fourth-order valence-corrected chi connectivity index (χ4v) is 2.55. The number of alkyl halides is 2. The van der Waals surface area contributed by atoms with Crippen molar-refractivity contribution in [3.05, 3.63) is 48.0 Å². The Bertz CT molecular complexity index is 482. The molecule has 0 aromatic heterocycles. The molecule has 2 rings (SSSR count). The molecule has 0 bridgehead atoms. The SMILES string of the molecule is ClC[C@H](CBr)OCc1ccc2ccccc2c1. The molecule has 0 radical (unpaired) electrons. The van der Waals surface area contributed by atoms with Crippen LogP contribution in [0.5, 0.6) is 0 Å². The van der Waals surface area contributed by atoms with Crippen molar-refractivity contribution >= 4 is 38.3 Å². The van der Waals surface area contributed by atoms with Crippen LogP contribution >= 0.6 is 27.5 Å². The lowest BCUT2D eigenvalue weighted by atomic mass is 10.1. The molecule has 0 spiro atoms. The van der Waals surface area contributed by atoms with Crippen molar-refractivity contribution in [2.45, 2.75) is 12.7 Å². The normalized spacial score (nSPS) is 12.8. The Morgan fingerprint density at radius 2 is 1.88 bits per heavy atom. The first kappa shape index (κ1) is 12.9. The summed E-state index contributed by atoms with van der Waals surface area (Å²) in [5.74, 6) is 0.513. The van der Waals surface area contributed by atoms with Crippen LogP contribution in [0, 0.1) is 0 Å². The molecule has 0 aliphatic carbocycles. The number of benzene rings is 2. The molecule has 0 unspecified atom stereocenters. The second-order valence-electron chi connectivity index (χ2n) is 3.92. The van der Waals surface area contributed by atoms with E-state index in [0.29, 0.717) is 12.5 Å². The van der Waals surface area contributed by atoms with E-state index in [9.17, 15) is 0 Å². The van der Waals surface area contributed by atoms with E-state index < -0.39 is 0 Å². The lowest BCUT2D eigenvalue weighted by molar-refractivity contribution is 0.0718. The standard InChI is InChI=1S/C14H14BrClO/c15-8-14(9-16)17-10-11-5-6-12-3-1-2-4-13(12)7-11/h1-7,14H,8-10H2/t14-/m0/s1. The topological polar surface area (TPSA) is 9.23 Å². The van der Waals surface area contributed by atoms with Gasteiger partial charge in [0.05, 0.1) is 12.7 Å². The van der Waals surface area contributed by atoms with E-state index in [2.05, 4.69) is 46.3 Å². The quantitative estimate of drug-likeness (QED) is 0.745. The summed E-state index contributed by atoms with van der Waals surface area (Å²) >= 11 is 9.15. The van der Waals surface area contributed by atoms with Crippen LogP contribution in [0.1, 0.15) is 5.56 Å². The Hall–Kier alpha value is -0.570. The Morgan fingerprint density at radius 3 is 2.59 bits per heavy atom. The monoisotopic (exact) mass is 312 g/mol. The van der Waals surface area contributed by atoms with Crippen molar-refractivity contribution in [1.29, 1.82) is 0 Å². The second kappa shape index (κ2) is 6.39. The molecule has 17 heavy (non-hydrogen) atoms. The summed E-state index contributed by atoms with van der Waals surface area (Å²) in [5, 5.41) is 3.27. The highest BCUT2D eigenvalue weighted by atomic mass is 79.9. The summed E-state index contributed by atoms with van der Waals surface area (Å²) in [6, 6.07) is 14.7. The minimum Gasteiger partial charge on any atom is -0.371 e. The van der Waals surface area contributed by atoms with Gasteiger partial charge in [0.25, 0.3) is 0 Å². The van der Waals surface area contributed by atoms with Crippen LogP contribution in [0.3, 0.4) is 0 Å². The fraction of sp³-hybridized carbons (Fsp3) is 0.286. The summed E-state index contributed by atoms with van der Waals surface area (Å²) in [6.45, 7) is 0.605. The fourth-order valence-electron chi connectivity index (χ4n) is 1.67. The first-order valence-corrected chi connectivity index (χ1v) is 7.20. The van der Waals surface area contributed by atoms with E-state index in [-0.39, 0.29) is 6.10 Å². The van der Waals surface area contributed by atoms with E-state index in [0.717, 1.165) is 5.33 Å². The molecule has 0 aliphatic heterocycles. The van der Waals surface area contributed by atoms with Crippen LogP contribution < -0.4 is 0 Å². The average Bonchev–Trinajstić information content (AvgIpc) is 2.40. The third kappa shape index (κ3) is 3.44. The second-order valence-corrected chi connectivity index (χ2v) is 4.88. The Labute approximate surface area is 115 Å². The molecule has 0 N–H and O–H groups in total. The summed E-state index contributed by atoms with van der Waals surface area (Å²) in [4.78, 5) is 0. The third-order valence-corrected chi connectivity index (χ3v) is 3.71. The molecular formula is C14H14BrClO. The van der Waals surface area contributed by atoms with Gasteiger partial charge in [0.1, 0.15) is 0 Å². The number of rotatable bonds is 5. The molecule has 0 aliphatic rings. The zero-order chi connectivity index (χ0) is 12.1. The zero-order valence-corrected chi connectivity index (χ0v) is 11.7. The molecule has 90 valence electrons. The molecule has 1 nitrogen and oxygen atoms in total. The highest BCUT2D eigenvalue weighted by Crippen LogP contribution is 2.16. The van der Waals surface area contributed by atoms with Crippen LogP contribution in [0.25, 0.3) is 10.8 Å². The minimum absolute atomic E-state index is 0.0723. The van der Waals surface area contributed by atoms with Crippen molar-refractivity contribution < 1.29 is 4.74 Å². The molecule has 0 saturated heterocycles. The van der Waals surface area contributed by atoms with Crippen molar-refractivity contribution in [3.63, 3.8) is 0 Å². The minimum atomic E-state index is 0.0723. The maximum atomic E-state index is 5.77. The van der Waals surface area contributed by atoms with Gasteiger partial charge >= 0.3 is 0 Å². The summed E-state index contributed by atoms with van der Waals surface area (Å²) in [6.07, 6.45) is 0.0723. The van der Waals surface area contributed by atoms with Gasteiger partial charge in [-0.05, 0) is 22.4 Å². The van der Waals surface area contributed by atoms with Crippen LogP contribution in [-0.2, 0) is 11.3 Å². The van der Waals surface area contributed by atoms with Crippen molar-refractivity contribution in [3.8, 4) is 0 Å². The predicted molar refractivity (Wildman–Crippen MR) is 77.0 cm³/mol. The van der Waals surface area contributed by atoms with Crippen LogP contribution in [0.2, 0.25) is 0 Å². The number of hydrogen-bond acceptors (Lipinski definition) is 1. The van der Waals surface area contributed by atoms with E-state index in [1.54, 1.807) is 0 Å². The van der Waals surface area contributed by atoms with Gasteiger partial charge in [0, 0.05) is 11.2 Å². The molecule has 1 atom stereocenters. The predicted octanol–water partition coefficient (Wildman–Crippen LogP) is 4.36. The number of fused-ring (bicyclic) bond motifs is 1. The maximum Gasteiger partial charge on any atom is 0.0811 e. The van der Waals surface area contributed by atoms with E-state index in [1.807, 2.05) is 12.1 Å². The molecule has 0 fully saturated rings. The van der Waals surface area contributed by atoms with Crippen molar-refractivity contribution in [2.24, 2.45) is 0 Å². The summed E-state index contributed by atoms with van der Waals surface area (Å²) in [5.41, 5.74) is 1.18. The summed E-state index contributed by atoms with van der Waals surface area (Å²) in [7, 11) is 0. The highest BCUT2D eigenvalue weighted by Gasteiger charge is 2.05. The summed E-state index contributed by atoms with van der Waals surface area (Å²) < 4.78 is 5.70. The van der Waals surface area contributed by atoms with E-state index in [1.165, 1.54) is 16.3 Å². The van der Waals surface area contributed by atoms with E-state index in [4.69, 9.17) is 16.3 Å². The lowest BCUT2D eigenvalue weighted by Gasteiger charge is -2.12. The van der Waals surface area contributed by atoms with Gasteiger partial charge < -0.3 is 4.74 Å². The lowest BCUT2D eigenvalue weighted by Crippen LogP contribution is -2.16. The van der Waals surface area contributed by atoms with Gasteiger partial charge in [-0.1, -0.05) is 52.3 Å². The van der Waals surface area contributed by atoms with Crippen LogP contribution in [0.4, 0.5) is 0 Å². The maximum absolute atomic E-state index is 5.77. The highest BCUT2D eigenvalue weighted by molar-refractivity contribution is 9.09. The number of ether oxygens (including phenoxy) is 1. The molecule has 2 aromatic rings. The van der Waals surface area contributed by atoms with Crippen LogP contribution in [0.15, 0.2) is 42.5 Å². The Balaban J connectivity index is 2.09. The van der Waals surface area contributed by atoms with Gasteiger partial charge in [-0.15, -0.1) is 11.6 Å². The van der Waals surface area contributed by atoms with Gasteiger partial charge in [-0.3, -0.25) is 0 Å². The first-order chi connectivity index (χ1) is 8.33. The van der Waals surface area contributed by atoms with Gasteiger partial charge in [-0.2, -0.15) is 0 Å².